The summed E-state index contributed by atoms with van der Waals surface area (Å²) in [6, 6.07) is 15.9. The molecule has 1 N–H and O–H groups in total. The molecule has 0 aliphatic heterocycles. The van der Waals surface area contributed by atoms with Crippen LogP contribution in [0.4, 0.5) is 5.69 Å². The van der Waals surface area contributed by atoms with Gasteiger partial charge in [-0.15, -0.1) is 0 Å². The molecular weight excluding hydrogens is 290 g/mol. The fourth-order valence-electron chi connectivity index (χ4n) is 3.85. The summed E-state index contributed by atoms with van der Waals surface area (Å²) in [5.74, 6) is 0. The average molecular weight is 319 g/mol. The Bertz CT molecular complexity index is 733. The zero-order chi connectivity index (χ0) is 17.2. The molecule has 0 spiro atoms. The Hall–Kier alpha value is -2.02. The second-order valence-electron chi connectivity index (χ2n) is 7.13. The van der Waals surface area contributed by atoms with Gasteiger partial charge in [-0.3, -0.25) is 0 Å². The third-order valence-electron chi connectivity index (χ3n) is 5.28. The minimum Gasteiger partial charge on any atom is -0.388 e. The van der Waals surface area contributed by atoms with Crippen LogP contribution in [0.25, 0.3) is 5.57 Å². The van der Waals surface area contributed by atoms with Crippen molar-refractivity contribution in [3.8, 4) is 0 Å². The molecule has 1 aliphatic carbocycles. The summed E-state index contributed by atoms with van der Waals surface area (Å²) in [6.07, 6.45) is 7.36. The van der Waals surface area contributed by atoms with Crippen LogP contribution >= 0.6 is 0 Å². The number of unbranched alkanes of at least 4 members (excludes halogenated alkanes) is 1. The highest BCUT2D eigenvalue weighted by Gasteiger charge is 2.48. The number of rotatable bonds is 6. The molecule has 126 valence electrons. The average Bonchev–Trinajstić information content (AvgIpc) is 3.37. The summed E-state index contributed by atoms with van der Waals surface area (Å²) in [6.45, 7) is 6.71. The number of benzene rings is 2. The molecule has 3 rings (SSSR count). The zero-order valence-electron chi connectivity index (χ0n) is 15.4. The summed E-state index contributed by atoms with van der Waals surface area (Å²) in [5.41, 5.74) is 8.61. The predicted molar refractivity (Wildman–Crippen MR) is 106 cm³/mol. The number of nitrogens with one attached hydrogen (secondary N) is 1. The van der Waals surface area contributed by atoms with E-state index in [0.717, 1.165) is 6.42 Å². The molecule has 0 atom stereocenters. The quantitative estimate of drug-likeness (QED) is 0.662. The Morgan fingerprint density at radius 1 is 1.08 bits per heavy atom. The van der Waals surface area contributed by atoms with Crippen molar-refractivity contribution in [2.75, 3.05) is 12.4 Å². The molecule has 24 heavy (non-hydrogen) atoms. The van der Waals surface area contributed by atoms with E-state index in [-0.39, 0.29) is 5.41 Å². The van der Waals surface area contributed by atoms with Gasteiger partial charge in [0, 0.05) is 18.2 Å². The second-order valence-corrected chi connectivity index (χ2v) is 7.13. The summed E-state index contributed by atoms with van der Waals surface area (Å²) < 4.78 is 0. The largest absolute Gasteiger partial charge is 0.388 e. The molecule has 0 radical (unpaired) electrons. The molecule has 0 amide bonds. The van der Waals surface area contributed by atoms with E-state index in [1.54, 1.807) is 0 Å². The summed E-state index contributed by atoms with van der Waals surface area (Å²) in [7, 11) is 1.97. The van der Waals surface area contributed by atoms with Crippen molar-refractivity contribution in [1.29, 1.82) is 0 Å². The number of anilines is 1. The van der Waals surface area contributed by atoms with E-state index in [1.807, 2.05) is 7.05 Å². The molecule has 0 bridgehead atoms. The van der Waals surface area contributed by atoms with E-state index in [1.165, 1.54) is 52.8 Å². The Morgan fingerprint density at radius 3 is 2.33 bits per heavy atom. The first-order valence-electron chi connectivity index (χ1n) is 9.17. The first-order valence-corrected chi connectivity index (χ1v) is 9.17. The van der Waals surface area contributed by atoms with Gasteiger partial charge in [0.2, 0.25) is 0 Å². The lowest BCUT2D eigenvalue weighted by molar-refractivity contribution is 0.881. The third-order valence-corrected chi connectivity index (χ3v) is 5.28. The number of hydrogen-bond acceptors (Lipinski definition) is 1. The van der Waals surface area contributed by atoms with E-state index < -0.39 is 0 Å². The van der Waals surface area contributed by atoms with Gasteiger partial charge in [-0.05, 0) is 67.5 Å². The van der Waals surface area contributed by atoms with Gasteiger partial charge in [-0.2, -0.15) is 0 Å². The number of allylic oxidation sites excluding steroid dienone is 2. The van der Waals surface area contributed by atoms with E-state index >= 15 is 0 Å². The summed E-state index contributed by atoms with van der Waals surface area (Å²) >= 11 is 0. The van der Waals surface area contributed by atoms with Crippen molar-refractivity contribution in [2.45, 2.75) is 51.9 Å². The lowest BCUT2D eigenvalue weighted by atomic mass is 9.80. The maximum Gasteiger partial charge on any atom is 0.0337 e. The van der Waals surface area contributed by atoms with Crippen molar-refractivity contribution in [3.05, 3.63) is 70.8 Å². The Labute approximate surface area is 146 Å². The Kier molecular flexibility index (Phi) is 4.80. The van der Waals surface area contributed by atoms with Crippen molar-refractivity contribution in [2.24, 2.45) is 0 Å². The molecule has 1 nitrogen and oxygen atoms in total. The molecule has 1 heteroatoms. The van der Waals surface area contributed by atoms with E-state index in [0.29, 0.717) is 0 Å². The smallest absolute Gasteiger partial charge is 0.0337 e. The molecule has 1 saturated carbocycles. The topological polar surface area (TPSA) is 12.0 Å². The molecule has 0 aromatic heterocycles. The summed E-state index contributed by atoms with van der Waals surface area (Å²) in [4.78, 5) is 0. The van der Waals surface area contributed by atoms with Crippen LogP contribution in [0.2, 0.25) is 0 Å². The molecule has 2 aromatic rings. The van der Waals surface area contributed by atoms with Crippen LogP contribution in [0.1, 0.15) is 54.9 Å². The Morgan fingerprint density at radius 2 is 1.79 bits per heavy atom. The van der Waals surface area contributed by atoms with Crippen LogP contribution in [-0.2, 0) is 5.41 Å². The van der Waals surface area contributed by atoms with Gasteiger partial charge >= 0.3 is 0 Å². The van der Waals surface area contributed by atoms with Crippen molar-refractivity contribution >= 4 is 11.3 Å². The first kappa shape index (κ1) is 16.8. The third kappa shape index (κ3) is 3.13. The second kappa shape index (κ2) is 6.84. The van der Waals surface area contributed by atoms with Gasteiger partial charge in [0.05, 0.1) is 0 Å². The maximum atomic E-state index is 3.22. The highest BCUT2D eigenvalue weighted by Crippen LogP contribution is 2.58. The van der Waals surface area contributed by atoms with Crippen LogP contribution in [0.3, 0.4) is 0 Å². The van der Waals surface area contributed by atoms with Gasteiger partial charge in [0.1, 0.15) is 0 Å². The number of hydrogen-bond donors (Lipinski definition) is 1. The standard InChI is InChI=1S/C23H29N/c1-5-6-7-22(19-9-11-20(24-4)12-10-19)23(14-15-23)21-13-8-17(2)16-18(21)3/h7-13,16,24H,5-6,14-15H2,1-4H3. The molecule has 0 heterocycles. The van der Waals surface area contributed by atoms with Crippen LogP contribution in [0.15, 0.2) is 48.5 Å². The molecular formula is C23H29N. The van der Waals surface area contributed by atoms with Crippen molar-refractivity contribution < 1.29 is 0 Å². The van der Waals surface area contributed by atoms with Crippen LogP contribution in [0.5, 0.6) is 0 Å². The first-order chi connectivity index (χ1) is 11.6. The van der Waals surface area contributed by atoms with E-state index in [2.05, 4.69) is 74.6 Å². The van der Waals surface area contributed by atoms with Crippen molar-refractivity contribution in [3.63, 3.8) is 0 Å². The molecule has 0 saturated heterocycles. The minimum atomic E-state index is 0.230. The van der Waals surface area contributed by atoms with E-state index in [4.69, 9.17) is 0 Å². The highest BCUT2D eigenvalue weighted by molar-refractivity contribution is 5.79. The maximum absolute atomic E-state index is 3.22. The van der Waals surface area contributed by atoms with Crippen LogP contribution in [-0.4, -0.2) is 7.05 Å². The van der Waals surface area contributed by atoms with E-state index in [9.17, 15) is 0 Å². The monoisotopic (exact) mass is 319 g/mol. The lowest BCUT2D eigenvalue weighted by Gasteiger charge is -2.23. The molecule has 0 unspecified atom stereocenters. The fourth-order valence-corrected chi connectivity index (χ4v) is 3.85. The van der Waals surface area contributed by atoms with Gasteiger partial charge in [0.15, 0.2) is 0 Å². The van der Waals surface area contributed by atoms with Gasteiger partial charge in [-0.1, -0.05) is 55.3 Å². The predicted octanol–water partition coefficient (Wildman–Crippen LogP) is 6.26. The van der Waals surface area contributed by atoms with Crippen LogP contribution in [0, 0.1) is 13.8 Å². The van der Waals surface area contributed by atoms with Gasteiger partial charge < -0.3 is 5.32 Å². The minimum absolute atomic E-state index is 0.230. The molecule has 1 fully saturated rings. The van der Waals surface area contributed by atoms with Crippen LogP contribution < -0.4 is 5.32 Å². The Balaban J connectivity index is 2.05. The summed E-state index contributed by atoms with van der Waals surface area (Å²) in [5, 5.41) is 3.22. The van der Waals surface area contributed by atoms with Crippen molar-refractivity contribution in [1.82, 2.24) is 0 Å². The number of aryl methyl sites for hydroxylation is 2. The molecule has 1 aliphatic rings. The zero-order valence-corrected chi connectivity index (χ0v) is 15.4. The SMILES string of the molecule is CCCC=C(c1ccc(NC)cc1)C1(c2ccc(C)cc2C)CC1. The highest BCUT2D eigenvalue weighted by atomic mass is 14.8. The normalized spacial score (nSPS) is 16.1. The lowest BCUT2D eigenvalue weighted by Crippen LogP contribution is -2.12. The van der Waals surface area contributed by atoms with Gasteiger partial charge in [-0.25, -0.2) is 0 Å². The molecule has 2 aromatic carbocycles. The fraction of sp³-hybridized carbons (Fsp3) is 0.391. The van der Waals surface area contributed by atoms with Gasteiger partial charge in [0.25, 0.3) is 0 Å².